The molecular weight excluding hydrogens is 300 g/mol. The number of amides is 1. The molecule has 22 heavy (non-hydrogen) atoms. The lowest BCUT2D eigenvalue weighted by Gasteiger charge is -2.13. The highest BCUT2D eigenvalue weighted by Crippen LogP contribution is 2.33. The number of esters is 1. The summed E-state index contributed by atoms with van der Waals surface area (Å²) in [4.78, 5) is 24.4. The molecule has 1 rings (SSSR count). The standard InChI is InChI=1S/C16H22N2O3S/c1-5-7-8-11(6-2)14(19)18-15-12(9-17)10(3)13(22-15)16(20)21-4/h11H,5-8H2,1-4H3,(H,18,19). The van der Waals surface area contributed by atoms with Gasteiger partial charge < -0.3 is 10.1 Å². The summed E-state index contributed by atoms with van der Waals surface area (Å²) in [6.07, 6.45) is 3.61. The fourth-order valence-electron chi connectivity index (χ4n) is 2.21. The highest BCUT2D eigenvalue weighted by atomic mass is 32.1. The second-order valence-electron chi connectivity index (χ2n) is 5.10. The first-order chi connectivity index (χ1) is 10.5. The normalized spacial score (nSPS) is 11.6. The zero-order chi connectivity index (χ0) is 16.7. The first-order valence-electron chi connectivity index (χ1n) is 7.42. The molecule has 6 heteroatoms. The van der Waals surface area contributed by atoms with Crippen LogP contribution in [0.2, 0.25) is 0 Å². The van der Waals surface area contributed by atoms with Crippen LogP contribution in [0.15, 0.2) is 0 Å². The van der Waals surface area contributed by atoms with Crippen LogP contribution < -0.4 is 5.32 Å². The van der Waals surface area contributed by atoms with E-state index in [4.69, 9.17) is 4.74 Å². The molecule has 0 aliphatic heterocycles. The van der Waals surface area contributed by atoms with Crippen molar-refractivity contribution in [1.29, 1.82) is 5.26 Å². The number of anilines is 1. The molecular formula is C16H22N2O3S. The van der Waals surface area contributed by atoms with Crippen LogP contribution in [-0.2, 0) is 9.53 Å². The van der Waals surface area contributed by atoms with Gasteiger partial charge in [-0.05, 0) is 25.3 Å². The van der Waals surface area contributed by atoms with E-state index in [1.165, 1.54) is 7.11 Å². The maximum absolute atomic E-state index is 12.3. The van der Waals surface area contributed by atoms with E-state index in [-0.39, 0.29) is 11.8 Å². The van der Waals surface area contributed by atoms with Crippen molar-refractivity contribution < 1.29 is 14.3 Å². The number of nitrogens with zero attached hydrogens (tertiary/aromatic N) is 1. The SMILES string of the molecule is CCCCC(CC)C(=O)Nc1sc(C(=O)OC)c(C)c1C#N. The van der Waals surface area contributed by atoms with Crippen LogP contribution in [-0.4, -0.2) is 19.0 Å². The first kappa shape index (κ1) is 18.2. The van der Waals surface area contributed by atoms with E-state index in [0.29, 0.717) is 21.0 Å². The van der Waals surface area contributed by atoms with Gasteiger partial charge in [0.25, 0.3) is 0 Å². The number of carbonyl (C=O) groups excluding carboxylic acids is 2. The number of rotatable bonds is 7. The number of thiophene rings is 1. The Morgan fingerprint density at radius 3 is 2.59 bits per heavy atom. The van der Waals surface area contributed by atoms with Crippen molar-refractivity contribution in [2.24, 2.45) is 5.92 Å². The van der Waals surface area contributed by atoms with Crippen LogP contribution in [0.3, 0.4) is 0 Å². The largest absolute Gasteiger partial charge is 0.465 e. The molecule has 0 aliphatic rings. The second kappa shape index (κ2) is 8.54. The topological polar surface area (TPSA) is 79.2 Å². The maximum Gasteiger partial charge on any atom is 0.348 e. The van der Waals surface area contributed by atoms with Crippen LogP contribution in [0.4, 0.5) is 5.00 Å². The van der Waals surface area contributed by atoms with Gasteiger partial charge in [0, 0.05) is 5.92 Å². The Morgan fingerprint density at radius 1 is 1.41 bits per heavy atom. The summed E-state index contributed by atoms with van der Waals surface area (Å²) >= 11 is 1.09. The van der Waals surface area contributed by atoms with Gasteiger partial charge in [0.15, 0.2) is 0 Å². The van der Waals surface area contributed by atoms with Crippen LogP contribution in [0, 0.1) is 24.2 Å². The first-order valence-corrected chi connectivity index (χ1v) is 8.24. The van der Waals surface area contributed by atoms with Gasteiger partial charge in [-0.15, -0.1) is 11.3 Å². The Labute approximate surface area is 135 Å². The number of hydrogen-bond donors (Lipinski definition) is 1. The monoisotopic (exact) mass is 322 g/mol. The second-order valence-corrected chi connectivity index (χ2v) is 6.12. The van der Waals surface area contributed by atoms with Crippen molar-refractivity contribution in [1.82, 2.24) is 0 Å². The summed E-state index contributed by atoms with van der Waals surface area (Å²) in [5.74, 6) is -0.655. The molecule has 1 aromatic rings. The molecule has 0 bridgehead atoms. The Balaban J connectivity index is 3.00. The maximum atomic E-state index is 12.3. The summed E-state index contributed by atoms with van der Waals surface area (Å²) in [5, 5.41) is 12.5. The van der Waals surface area contributed by atoms with Crippen molar-refractivity contribution in [3.63, 3.8) is 0 Å². The van der Waals surface area contributed by atoms with Gasteiger partial charge in [-0.2, -0.15) is 5.26 Å². The molecule has 1 atom stereocenters. The number of ether oxygens (including phenoxy) is 1. The van der Waals surface area contributed by atoms with Crippen molar-refractivity contribution in [3.05, 3.63) is 16.0 Å². The van der Waals surface area contributed by atoms with Gasteiger partial charge in [0.1, 0.15) is 15.9 Å². The molecule has 1 amide bonds. The Bertz CT molecular complexity index is 587. The molecule has 0 saturated heterocycles. The lowest BCUT2D eigenvalue weighted by atomic mass is 9.98. The number of nitrogens with one attached hydrogen (secondary N) is 1. The molecule has 1 heterocycles. The van der Waals surface area contributed by atoms with Gasteiger partial charge in [0.05, 0.1) is 12.7 Å². The summed E-state index contributed by atoms with van der Waals surface area (Å²) in [5.41, 5.74) is 0.889. The van der Waals surface area contributed by atoms with E-state index < -0.39 is 5.97 Å². The minimum atomic E-state index is -0.488. The van der Waals surface area contributed by atoms with Gasteiger partial charge in [-0.25, -0.2) is 4.79 Å². The van der Waals surface area contributed by atoms with Crippen molar-refractivity contribution in [2.75, 3.05) is 12.4 Å². The third-order valence-electron chi connectivity index (χ3n) is 3.64. The van der Waals surface area contributed by atoms with E-state index in [2.05, 4.69) is 18.3 Å². The lowest BCUT2D eigenvalue weighted by Crippen LogP contribution is -2.22. The average molecular weight is 322 g/mol. The predicted octanol–water partition coefficient (Wildman–Crippen LogP) is 3.87. The van der Waals surface area contributed by atoms with Crippen LogP contribution in [0.5, 0.6) is 0 Å². The number of hydrogen-bond acceptors (Lipinski definition) is 5. The van der Waals surface area contributed by atoms with Crippen LogP contribution >= 0.6 is 11.3 Å². The molecule has 0 aromatic carbocycles. The molecule has 0 saturated carbocycles. The molecule has 0 spiro atoms. The van der Waals surface area contributed by atoms with Crippen LogP contribution in [0.1, 0.15) is 60.3 Å². The third kappa shape index (κ3) is 4.08. The minimum absolute atomic E-state index is 0.0736. The number of unbranched alkanes of at least 4 members (excludes halogenated alkanes) is 1. The summed E-state index contributed by atoms with van der Waals surface area (Å²) in [7, 11) is 1.30. The van der Waals surface area contributed by atoms with Gasteiger partial charge in [-0.1, -0.05) is 26.7 Å². The molecule has 1 aromatic heterocycles. The average Bonchev–Trinajstić information content (AvgIpc) is 2.82. The molecule has 1 N–H and O–H groups in total. The number of carbonyl (C=O) groups is 2. The highest BCUT2D eigenvalue weighted by molar-refractivity contribution is 7.18. The molecule has 1 unspecified atom stereocenters. The number of methoxy groups -OCH3 is 1. The quantitative estimate of drug-likeness (QED) is 0.773. The van der Waals surface area contributed by atoms with Crippen molar-refractivity contribution in [2.45, 2.75) is 46.5 Å². The Hall–Kier alpha value is -1.87. The fourth-order valence-corrected chi connectivity index (χ4v) is 3.29. The summed E-state index contributed by atoms with van der Waals surface area (Å²) in [6.45, 7) is 5.75. The Kier molecular flexibility index (Phi) is 7.06. The van der Waals surface area contributed by atoms with Crippen molar-refractivity contribution >= 4 is 28.2 Å². The van der Waals surface area contributed by atoms with Crippen molar-refractivity contribution in [3.8, 4) is 6.07 Å². The predicted molar refractivity (Wildman–Crippen MR) is 87.0 cm³/mol. The molecule has 120 valence electrons. The zero-order valence-corrected chi connectivity index (χ0v) is 14.3. The van der Waals surface area contributed by atoms with Gasteiger partial charge >= 0.3 is 5.97 Å². The molecule has 0 aliphatic carbocycles. The minimum Gasteiger partial charge on any atom is -0.465 e. The van der Waals surface area contributed by atoms with Gasteiger partial charge in [0.2, 0.25) is 5.91 Å². The summed E-state index contributed by atoms with van der Waals surface area (Å²) in [6, 6.07) is 2.06. The molecule has 0 fully saturated rings. The van der Waals surface area contributed by atoms with Gasteiger partial charge in [-0.3, -0.25) is 4.79 Å². The highest BCUT2D eigenvalue weighted by Gasteiger charge is 2.23. The van der Waals surface area contributed by atoms with E-state index in [1.807, 2.05) is 6.92 Å². The fraction of sp³-hybridized carbons (Fsp3) is 0.562. The zero-order valence-electron chi connectivity index (χ0n) is 13.5. The van der Waals surface area contributed by atoms with E-state index in [9.17, 15) is 14.9 Å². The van der Waals surface area contributed by atoms with E-state index in [1.54, 1.807) is 6.92 Å². The molecule has 5 nitrogen and oxygen atoms in total. The van der Waals surface area contributed by atoms with E-state index >= 15 is 0 Å². The summed E-state index contributed by atoms with van der Waals surface area (Å²) < 4.78 is 4.71. The van der Waals surface area contributed by atoms with Crippen LogP contribution in [0.25, 0.3) is 0 Å². The molecule has 0 radical (unpaired) electrons. The Morgan fingerprint density at radius 2 is 2.09 bits per heavy atom. The van der Waals surface area contributed by atoms with E-state index in [0.717, 1.165) is 37.0 Å². The smallest absolute Gasteiger partial charge is 0.348 e. The number of nitriles is 1. The lowest BCUT2D eigenvalue weighted by molar-refractivity contribution is -0.120. The third-order valence-corrected chi connectivity index (χ3v) is 4.82.